The fourth-order valence-corrected chi connectivity index (χ4v) is 5.16. The monoisotopic (exact) mass is 564 g/mol. The van der Waals surface area contributed by atoms with Gasteiger partial charge in [-0.05, 0) is 29.7 Å². The zero-order chi connectivity index (χ0) is 28.2. The Labute approximate surface area is 211 Å². The lowest BCUT2D eigenvalue weighted by molar-refractivity contribution is -0.142. The average molecular weight is 564 g/mol. The summed E-state index contributed by atoms with van der Waals surface area (Å²) < 4.78 is 117. The Bertz CT molecular complexity index is 1520. The van der Waals surface area contributed by atoms with Gasteiger partial charge in [0.2, 0.25) is 5.88 Å². The van der Waals surface area contributed by atoms with Gasteiger partial charge >= 0.3 is 12.4 Å². The third kappa shape index (κ3) is 4.75. The van der Waals surface area contributed by atoms with Crippen LogP contribution in [-0.4, -0.2) is 47.2 Å². The molecule has 1 aliphatic rings. The molecule has 9 nitrogen and oxygen atoms in total. The lowest BCUT2D eigenvalue weighted by atomic mass is 9.96. The number of sulfonamides is 1. The van der Waals surface area contributed by atoms with Crippen molar-refractivity contribution >= 4 is 15.9 Å². The summed E-state index contributed by atoms with van der Waals surface area (Å²) in [7, 11) is -3.21. The highest BCUT2D eigenvalue weighted by molar-refractivity contribution is 7.90. The number of hydrogen-bond donors (Lipinski definition) is 0. The second kappa shape index (κ2) is 9.18. The average Bonchev–Trinajstić information content (AvgIpc) is 3.34. The van der Waals surface area contributed by atoms with Crippen LogP contribution in [0.4, 0.5) is 26.3 Å². The van der Waals surface area contributed by atoms with Crippen LogP contribution >= 0.6 is 0 Å². The second-order valence-electron chi connectivity index (χ2n) is 8.33. The van der Waals surface area contributed by atoms with Gasteiger partial charge in [0.05, 0.1) is 12.7 Å². The van der Waals surface area contributed by atoms with Crippen LogP contribution in [0.25, 0.3) is 5.82 Å². The molecule has 0 aliphatic carbocycles. The van der Waals surface area contributed by atoms with Crippen LogP contribution in [-0.2, 0) is 22.4 Å². The molecule has 0 atom stereocenters. The molecule has 2 aromatic heterocycles. The Morgan fingerprint density at radius 1 is 1.00 bits per heavy atom. The molecule has 1 amide bonds. The number of hydrogen-bond acceptors (Lipinski definition) is 7. The van der Waals surface area contributed by atoms with E-state index in [1.165, 1.54) is 13.2 Å². The third-order valence-electron chi connectivity index (χ3n) is 5.51. The molecule has 1 aromatic carbocycles. The molecule has 0 unspecified atom stereocenters. The molecule has 0 saturated carbocycles. The molecule has 16 heteroatoms. The summed E-state index contributed by atoms with van der Waals surface area (Å²) in [6.07, 6.45) is -9.94. The molecule has 38 heavy (non-hydrogen) atoms. The molecule has 3 aromatic rings. The van der Waals surface area contributed by atoms with Crippen molar-refractivity contribution in [3.05, 3.63) is 58.9 Å². The minimum absolute atomic E-state index is 0.145. The van der Waals surface area contributed by atoms with Gasteiger partial charge in [-0.1, -0.05) is 19.9 Å². The Balaban J connectivity index is 1.74. The predicted octanol–water partition coefficient (Wildman–Crippen LogP) is 4.62. The first-order valence-electron chi connectivity index (χ1n) is 10.7. The zero-order valence-corrected chi connectivity index (χ0v) is 20.6. The predicted molar refractivity (Wildman–Crippen MR) is 117 cm³/mol. The van der Waals surface area contributed by atoms with Gasteiger partial charge in [-0.15, -0.1) is 0 Å². The van der Waals surface area contributed by atoms with E-state index in [0.717, 1.165) is 18.2 Å². The van der Waals surface area contributed by atoms with Gasteiger partial charge in [0, 0.05) is 12.1 Å². The van der Waals surface area contributed by atoms with Crippen molar-refractivity contribution in [3.63, 3.8) is 0 Å². The number of alkyl halides is 6. The van der Waals surface area contributed by atoms with Gasteiger partial charge < -0.3 is 9.47 Å². The zero-order valence-electron chi connectivity index (χ0n) is 19.8. The number of aromatic nitrogens is 3. The molecular formula is C22H18F6N4O5S. The number of carbonyl (C=O) groups excluding carboxylic acids is 1. The summed E-state index contributed by atoms with van der Waals surface area (Å²) >= 11 is 0. The maximum absolute atomic E-state index is 13.4. The number of ether oxygens (including phenoxy) is 2. The van der Waals surface area contributed by atoms with Gasteiger partial charge in [-0.3, -0.25) is 4.79 Å². The van der Waals surface area contributed by atoms with Gasteiger partial charge in [0.15, 0.2) is 18.2 Å². The second-order valence-corrected chi connectivity index (χ2v) is 10.2. The summed E-state index contributed by atoms with van der Waals surface area (Å²) in [5.41, 5.74) is -2.74. The van der Waals surface area contributed by atoms with Crippen molar-refractivity contribution in [1.29, 1.82) is 0 Å². The Hall–Kier alpha value is -3.82. The Morgan fingerprint density at radius 2 is 1.66 bits per heavy atom. The quantitative estimate of drug-likeness (QED) is 0.403. The summed E-state index contributed by atoms with van der Waals surface area (Å²) in [6, 6.07) is 5.43. The standard InChI is InChI=1S/C22H18F6N4O5S/c1-11(2)13-7-12(36-3)8-14-19(13)20(33)31(38(14,34)35)10-37-18-9-16(22(26,27)28)30-32(18)17-6-4-5-15(29-17)21(23,24)25/h4-9,11H,10H2,1-3H3. The van der Waals surface area contributed by atoms with Crippen molar-refractivity contribution in [2.45, 2.75) is 37.0 Å². The molecule has 0 N–H and O–H groups in total. The van der Waals surface area contributed by atoms with Crippen molar-refractivity contribution in [1.82, 2.24) is 19.1 Å². The smallest absolute Gasteiger partial charge is 0.435 e. The van der Waals surface area contributed by atoms with Crippen molar-refractivity contribution in [3.8, 4) is 17.4 Å². The first-order chi connectivity index (χ1) is 17.6. The number of pyridine rings is 1. The molecule has 1 aliphatic heterocycles. The van der Waals surface area contributed by atoms with E-state index in [2.05, 4.69) is 10.1 Å². The number of nitrogens with zero attached hydrogens (tertiary/aromatic N) is 4. The summed E-state index contributed by atoms with van der Waals surface area (Å²) in [6.45, 7) is 2.33. The number of benzene rings is 1. The summed E-state index contributed by atoms with van der Waals surface area (Å²) in [4.78, 5) is 16.0. The number of fused-ring (bicyclic) bond motifs is 1. The van der Waals surface area contributed by atoms with E-state index in [0.29, 0.717) is 26.7 Å². The molecule has 0 fully saturated rings. The van der Waals surface area contributed by atoms with Crippen LogP contribution in [0, 0.1) is 0 Å². The van der Waals surface area contributed by atoms with E-state index in [1.54, 1.807) is 13.8 Å². The highest BCUT2D eigenvalue weighted by Crippen LogP contribution is 2.39. The number of halogens is 6. The van der Waals surface area contributed by atoms with Gasteiger partial charge in [-0.25, -0.2) is 13.4 Å². The fraction of sp³-hybridized carbons (Fsp3) is 0.318. The molecule has 0 saturated heterocycles. The SMILES string of the molecule is COc1cc(C(C)C)c2c(c1)S(=O)(=O)N(COc1cc(C(F)(F)F)nn1-c1cccc(C(F)(F)F)n1)C2=O. The Kier molecular flexibility index (Phi) is 6.58. The van der Waals surface area contributed by atoms with Crippen molar-refractivity contribution in [2.24, 2.45) is 0 Å². The Morgan fingerprint density at radius 3 is 2.24 bits per heavy atom. The minimum Gasteiger partial charge on any atom is -0.497 e. The fourth-order valence-electron chi connectivity index (χ4n) is 3.69. The topological polar surface area (TPSA) is 104 Å². The van der Waals surface area contributed by atoms with E-state index >= 15 is 0 Å². The van der Waals surface area contributed by atoms with Gasteiger partial charge in [0.1, 0.15) is 16.3 Å². The van der Waals surface area contributed by atoms with E-state index in [-0.39, 0.29) is 22.1 Å². The lowest BCUT2D eigenvalue weighted by Gasteiger charge is -2.16. The van der Waals surface area contributed by atoms with Crippen LogP contribution in [0.1, 0.15) is 47.1 Å². The lowest BCUT2D eigenvalue weighted by Crippen LogP contribution is -2.34. The molecule has 0 spiro atoms. The van der Waals surface area contributed by atoms with Gasteiger partial charge in [0.25, 0.3) is 15.9 Å². The number of methoxy groups -OCH3 is 1. The van der Waals surface area contributed by atoms with E-state index in [4.69, 9.17) is 9.47 Å². The van der Waals surface area contributed by atoms with Crippen molar-refractivity contribution in [2.75, 3.05) is 13.8 Å². The summed E-state index contributed by atoms with van der Waals surface area (Å²) in [5, 5.41) is 3.24. The van der Waals surface area contributed by atoms with E-state index in [1.807, 2.05) is 0 Å². The van der Waals surface area contributed by atoms with Crippen LogP contribution in [0.2, 0.25) is 0 Å². The van der Waals surface area contributed by atoms with Crippen LogP contribution in [0.15, 0.2) is 41.3 Å². The number of rotatable bonds is 6. The number of amides is 1. The summed E-state index contributed by atoms with van der Waals surface area (Å²) in [5.74, 6) is -2.62. The van der Waals surface area contributed by atoms with Crippen LogP contribution < -0.4 is 9.47 Å². The highest BCUT2D eigenvalue weighted by atomic mass is 32.2. The molecule has 3 heterocycles. The molecule has 204 valence electrons. The first-order valence-corrected chi connectivity index (χ1v) is 12.1. The maximum Gasteiger partial charge on any atom is 0.435 e. The van der Waals surface area contributed by atoms with Crippen molar-refractivity contribution < 1.29 is 49.0 Å². The first kappa shape index (κ1) is 27.2. The van der Waals surface area contributed by atoms with E-state index in [9.17, 15) is 39.6 Å². The molecular weight excluding hydrogens is 546 g/mol. The van der Waals surface area contributed by atoms with Crippen LogP contribution in [0.5, 0.6) is 11.6 Å². The number of carbonyl (C=O) groups is 1. The maximum atomic E-state index is 13.4. The highest BCUT2D eigenvalue weighted by Gasteiger charge is 2.44. The molecule has 0 radical (unpaired) electrons. The van der Waals surface area contributed by atoms with Crippen LogP contribution in [0.3, 0.4) is 0 Å². The third-order valence-corrected chi connectivity index (χ3v) is 7.24. The molecule has 0 bridgehead atoms. The minimum atomic E-state index is -5.03. The molecule has 4 rings (SSSR count). The normalized spacial score (nSPS) is 15.2. The van der Waals surface area contributed by atoms with Gasteiger partial charge in [-0.2, -0.15) is 40.4 Å². The van der Waals surface area contributed by atoms with E-state index < -0.39 is 58.1 Å². The largest absolute Gasteiger partial charge is 0.497 e.